The molecule has 0 N–H and O–H groups in total. The molecular weight excluding hydrogens is 292 g/mol. The number of non-ortho nitro benzene ring substituents is 1. The predicted molar refractivity (Wildman–Crippen MR) is 86.7 cm³/mol. The Hall–Kier alpha value is -3.20. The van der Waals surface area contributed by atoms with Crippen LogP contribution in [-0.2, 0) is 6.54 Å². The van der Waals surface area contributed by atoms with Gasteiger partial charge in [-0.1, -0.05) is 12.1 Å². The Morgan fingerprint density at radius 3 is 2.61 bits per heavy atom. The summed E-state index contributed by atoms with van der Waals surface area (Å²) in [6.45, 7) is 0.681. The average molecular weight is 306 g/mol. The number of nitriles is 1. The van der Waals surface area contributed by atoms with Crippen LogP contribution in [0.1, 0.15) is 12.8 Å². The quantitative estimate of drug-likeness (QED) is 0.406. The lowest BCUT2D eigenvalue weighted by molar-refractivity contribution is -0.384. The molecule has 0 aliphatic carbocycles. The van der Waals surface area contributed by atoms with Crippen molar-refractivity contribution >= 4 is 16.7 Å². The number of benzene rings is 2. The molecule has 0 unspecified atom stereocenters. The Balaban J connectivity index is 2.06. The highest BCUT2D eigenvalue weighted by molar-refractivity contribution is 5.80. The molecule has 0 saturated heterocycles. The molecule has 1 heterocycles. The van der Waals surface area contributed by atoms with Gasteiger partial charge in [-0.2, -0.15) is 5.26 Å². The van der Waals surface area contributed by atoms with Gasteiger partial charge in [0.1, 0.15) is 5.82 Å². The largest absolute Gasteiger partial charge is 0.324 e. The van der Waals surface area contributed by atoms with Gasteiger partial charge in [0.25, 0.3) is 5.69 Å². The van der Waals surface area contributed by atoms with Gasteiger partial charge < -0.3 is 4.57 Å². The van der Waals surface area contributed by atoms with E-state index in [4.69, 9.17) is 5.26 Å². The highest BCUT2D eigenvalue weighted by Gasteiger charge is 2.13. The molecule has 1 aromatic heterocycles. The van der Waals surface area contributed by atoms with Crippen molar-refractivity contribution < 1.29 is 4.92 Å². The second-order valence-electron chi connectivity index (χ2n) is 5.14. The molecule has 3 rings (SSSR count). The number of fused-ring (bicyclic) bond motifs is 1. The minimum atomic E-state index is -0.417. The van der Waals surface area contributed by atoms with Crippen LogP contribution in [0.5, 0.6) is 0 Å². The molecule has 0 radical (unpaired) electrons. The van der Waals surface area contributed by atoms with Crippen LogP contribution in [0.4, 0.5) is 5.69 Å². The van der Waals surface area contributed by atoms with Gasteiger partial charge in [0.05, 0.1) is 22.0 Å². The minimum absolute atomic E-state index is 0.0564. The summed E-state index contributed by atoms with van der Waals surface area (Å²) in [6, 6.07) is 16.3. The van der Waals surface area contributed by atoms with E-state index in [0.29, 0.717) is 13.0 Å². The highest BCUT2D eigenvalue weighted by Crippen LogP contribution is 2.26. The summed E-state index contributed by atoms with van der Waals surface area (Å²) in [6.07, 6.45) is 1.21. The summed E-state index contributed by atoms with van der Waals surface area (Å²) in [4.78, 5) is 15.0. The number of aromatic nitrogens is 2. The van der Waals surface area contributed by atoms with Crippen molar-refractivity contribution in [2.24, 2.45) is 0 Å². The number of hydrogen-bond acceptors (Lipinski definition) is 4. The fourth-order valence-corrected chi connectivity index (χ4v) is 2.57. The van der Waals surface area contributed by atoms with Gasteiger partial charge in [0.2, 0.25) is 0 Å². The number of imidazole rings is 1. The monoisotopic (exact) mass is 306 g/mol. The van der Waals surface area contributed by atoms with Gasteiger partial charge >= 0.3 is 0 Å². The van der Waals surface area contributed by atoms with Crippen molar-refractivity contribution in [2.45, 2.75) is 19.4 Å². The predicted octanol–water partition coefficient (Wildman–Crippen LogP) is 3.92. The van der Waals surface area contributed by atoms with Crippen molar-refractivity contribution in [1.82, 2.24) is 9.55 Å². The SMILES string of the molecule is N#CCCCn1c(-c2ccc([N+](=O)[O-])cc2)nc2ccccc21. The maximum atomic E-state index is 10.8. The van der Waals surface area contributed by atoms with Crippen molar-refractivity contribution in [2.75, 3.05) is 0 Å². The van der Waals surface area contributed by atoms with Gasteiger partial charge in [0, 0.05) is 30.7 Å². The maximum absolute atomic E-state index is 10.8. The Kier molecular flexibility index (Phi) is 4.02. The van der Waals surface area contributed by atoms with E-state index >= 15 is 0 Å². The lowest BCUT2D eigenvalue weighted by Gasteiger charge is -2.08. The van der Waals surface area contributed by atoms with E-state index in [1.54, 1.807) is 12.1 Å². The van der Waals surface area contributed by atoms with Crippen LogP contribution in [0.15, 0.2) is 48.5 Å². The molecule has 114 valence electrons. The van der Waals surface area contributed by atoms with Crippen LogP contribution in [0.3, 0.4) is 0 Å². The molecule has 0 aliphatic heterocycles. The number of unbranched alkanes of at least 4 members (excludes halogenated alkanes) is 1. The topological polar surface area (TPSA) is 84.8 Å². The van der Waals surface area contributed by atoms with E-state index in [2.05, 4.69) is 15.6 Å². The normalized spacial score (nSPS) is 10.6. The Morgan fingerprint density at radius 2 is 1.91 bits per heavy atom. The van der Waals surface area contributed by atoms with Crippen LogP contribution >= 0.6 is 0 Å². The zero-order valence-electron chi connectivity index (χ0n) is 12.3. The standard InChI is InChI=1S/C17H14N4O2/c18-11-3-4-12-20-16-6-2-1-5-15(16)19-17(20)13-7-9-14(10-8-13)21(22)23/h1-2,5-10H,3-4,12H2. The lowest BCUT2D eigenvalue weighted by atomic mass is 10.2. The Bertz CT molecular complexity index is 891. The zero-order chi connectivity index (χ0) is 16.2. The third-order valence-corrected chi connectivity index (χ3v) is 3.66. The van der Waals surface area contributed by atoms with E-state index in [-0.39, 0.29) is 5.69 Å². The fourth-order valence-electron chi connectivity index (χ4n) is 2.57. The van der Waals surface area contributed by atoms with Crippen LogP contribution in [-0.4, -0.2) is 14.5 Å². The molecule has 6 nitrogen and oxygen atoms in total. The Morgan fingerprint density at radius 1 is 1.17 bits per heavy atom. The number of nitrogens with zero attached hydrogens (tertiary/aromatic N) is 4. The number of nitro groups is 1. The first-order valence-electron chi connectivity index (χ1n) is 7.28. The van der Waals surface area contributed by atoms with Crippen LogP contribution < -0.4 is 0 Å². The Labute approximate surface area is 132 Å². The van der Waals surface area contributed by atoms with Crippen molar-refractivity contribution in [3.63, 3.8) is 0 Å². The van der Waals surface area contributed by atoms with E-state index < -0.39 is 4.92 Å². The highest BCUT2D eigenvalue weighted by atomic mass is 16.6. The van der Waals surface area contributed by atoms with Crippen LogP contribution in [0, 0.1) is 21.4 Å². The summed E-state index contributed by atoms with van der Waals surface area (Å²) in [5, 5.41) is 19.5. The van der Waals surface area contributed by atoms with Gasteiger partial charge in [-0.3, -0.25) is 10.1 Å². The van der Waals surface area contributed by atoms with Crippen molar-refractivity contribution in [3.05, 3.63) is 58.6 Å². The molecule has 0 atom stereocenters. The third kappa shape index (κ3) is 2.90. The van der Waals surface area contributed by atoms with Crippen molar-refractivity contribution in [1.29, 1.82) is 5.26 Å². The molecule has 0 fully saturated rings. The van der Waals surface area contributed by atoms with Gasteiger partial charge in [-0.05, 0) is 30.7 Å². The van der Waals surface area contributed by atoms with Gasteiger partial charge in [-0.15, -0.1) is 0 Å². The van der Waals surface area contributed by atoms with Crippen molar-refractivity contribution in [3.8, 4) is 17.5 Å². The first kappa shape index (κ1) is 14.7. The molecule has 6 heteroatoms. The summed E-state index contributed by atoms with van der Waals surface area (Å²) in [5.74, 6) is 0.763. The van der Waals surface area contributed by atoms with E-state index in [9.17, 15) is 10.1 Å². The fraction of sp³-hybridized carbons (Fsp3) is 0.176. The molecule has 0 amide bonds. The van der Waals surface area contributed by atoms with Crippen LogP contribution in [0.25, 0.3) is 22.4 Å². The number of rotatable bonds is 5. The number of aryl methyl sites for hydroxylation is 1. The molecule has 0 aliphatic rings. The molecule has 23 heavy (non-hydrogen) atoms. The molecule has 3 aromatic rings. The first-order valence-corrected chi connectivity index (χ1v) is 7.28. The second kappa shape index (κ2) is 6.28. The third-order valence-electron chi connectivity index (χ3n) is 3.66. The number of para-hydroxylation sites is 2. The summed E-state index contributed by atoms with van der Waals surface area (Å²) < 4.78 is 2.06. The zero-order valence-corrected chi connectivity index (χ0v) is 12.3. The molecule has 0 spiro atoms. The summed E-state index contributed by atoms with van der Waals surface area (Å²) >= 11 is 0. The average Bonchev–Trinajstić information content (AvgIpc) is 2.94. The number of nitro benzene ring substituents is 1. The summed E-state index contributed by atoms with van der Waals surface area (Å²) in [7, 11) is 0. The lowest BCUT2D eigenvalue weighted by Crippen LogP contribution is -2.00. The minimum Gasteiger partial charge on any atom is -0.324 e. The van der Waals surface area contributed by atoms with Gasteiger partial charge in [-0.25, -0.2) is 4.98 Å². The van der Waals surface area contributed by atoms with Crippen LogP contribution in [0.2, 0.25) is 0 Å². The molecular formula is C17H14N4O2. The maximum Gasteiger partial charge on any atom is 0.269 e. The van der Waals surface area contributed by atoms with Gasteiger partial charge in [0.15, 0.2) is 0 Å². The first-order chi connectivity index (χ1) is 11.2. The second-order valence-corrected chi connectivity index (χ2v) is 5.14. The smallest absolute Gasteiger partial charge is 0.269 e. The number of hydrogen-bond donors (Lipinski definition) is 0. The van der Waals surface area contributed by atoms with E-state index in [1.807, 2.05) is 24.3 Å². The molecule has 0 bridgehead atoms. The van der Waals surface area contributed by atoms with E-state index in [0.717, 1.165) is 28.8 Å². The molecule has 2 aromatic carbocycles. The molecule has 0 saturated carbocycles. The van der Waals surface area contributed by atoms with E-state index in [1.165, 1.54) is 12.1 Å². The summed E-state index contributed by atoms with van der Waals surface area (Å²) in [5.41, 5.74) is 2.75.